The van der Waals surface area contributed by atoms with Crippen molar-refractivity contribution in [3.63, 3.8) is 0 Å². The molecule has 11 heteroatoms. The molecule has 0 atom stereocenters. The number of piperazine rings is 1. The second-order valence-corrected chi connectivity index (χ2v) is 9.19. The topological polar surface area (TPSA) is 70.8 Å². The minimum atomic E-state index is -4.71. The average Bonchev–Trinajstić information content (AvgIpc) is 3.31. The Hall–Kier alpha value is -3.73. The lowest BCUT2D eigenvalue weighted by atomic mass is 10.1. The van der Waals surface area contributed by atoms with Gasteiger partial charge in [0, 0.05) is 41.8 Å². The second kappa shape index (κ2) is 9.38. The Labute approximate surface area is 212 Å². The van der Waals surface area contributed by atoms with E-state index in [1.807, 2.05) is 6.07 Å². The smallest absolute Gasteiger partial charge is 0.335 e. The summed E-state index contributed by atoms with van der Waals surface area (Å²) in [5.41, 5.74) is -0.112. The van der Waals surface area contributed by atoms with Crippen LogP contribution in [-0.4, -0.2) is 62.4 Å². The van der Waals surface area contributed by atoms with Crippen LogP contribution < -0.4 is 0 Å². The summed E-state index contributed by atoms with van der Waals surface area (Å²) in [5.74, 6) is -0.611. The molecule has 1 aliphatic rings. The van der Waals surface area contributed by atoms with Gasteiger partial charge in [0.05, 0.1) is 11.9 Å². The number of carbonyl (C=O) groups is 2. The summed E-state index contributed by atoms with van der Waals surface area (Å²) < 4.78 is 43.0. The Morgan fingerprint density at radius 3 is 2.08 bits per heavy atom. The van der Waals surface area contributed by atoms with Gasteiger partial charge in [0.2, 0.25) is 0 Å². The molecule has 0 N–H and O–H groups in total. The van der Waals surface area contributed by atoms with Crippen LogP contribution in [0.1, 0.15) is 26.4 Å². The van der Waals surface area contributed by atoms with E-state index in [9.17, 15) is 22.8 Å². The molecule has 0 radical (unpaired) electrons. The summed E-state index contributed by atoms with van der Waals surface area (Å²) in [7, 11) is 0. The Morgan fingerprint density at radius 2 is 1.47 bits per heavy atom. The van der Waals surface area contributed by atoms with Crippen LogP contribution in [0.2, 0.25) is 0 Å². The first-order valence-corrected chi connectivity index (χ1v) is 11.9. The van der Waals surface area contributed by atoms with Crippen molar-refractivity contribution < 1.29 is 22.8 Å². The monoisotopic (exact) mass is 557 g/mol. The molecule has 4 aromatic rings. The van der Waals surface area contributed by atoms with Crippen molar-refractivity contribution in [3.8, 4) is 11.3 Å². The van der Waals surface area contributed by atoms with Crippen LogP contribution in [0.5, 0.6) is 0 Å². The first-order chi connectivity index (χ1) is 17.2. The molecule has 0 saturated carbocycles. The van der Waals surface area contributed by atoms with Crippen molar-refractivity contribution in [3.05, 3.63) is 88.2 Å². The Morgan fingerprint density at radius 1 is 0.861 bits per heavy atom. The van der Waals surface area contributed by atoms with Gasteiger partial charge in [-0.05, 0) is 30.3 Å². The third kappa shape index (κ3) is 4.58. The number of fused-ring (bicyclic) bond motifs is 1. The third-order valence-electron chi connectivity index (χ3n) is 6.01. The van der Waals surface area contributed by atoms with Gasteiger partial charge >= 0.3 is 6.18 Å². The number of hydrogen-bond donors (Lipinski definition) is 0. The number of alkyl halides is 3. The highest BCUT2D eigenvalue weighted by molar-refractivity contribution is 9.10. The molecule has 2 aromatic heterocycles. The van der Waals surface area contributed by atoms with Gasteiger partial charge in [-0.15, -0.1) is 0 Å². The van der Waals surface area contributed by atoms with Crippen molar-refractivity contribution >= 4 is 33.4 Å². The first kappa shape index (κ1) is 24.0. The van der Waals surface area contributed by atoms with Crippen LogP contribution in [0.15, 0.2) is 71.3 Å². The molecule has 1 fully saturated rings. The SMILES string of the molecule is O=C(c1ccccc1)N1CCN(C(=O)c2cnn3c(C(F)(F)F)cc(-c4ccc(Br)cc4)nc23)CC1. The maximum Gasteiger partial charge on any atom is 0.433 e. The number of benzene rings is 2. The molecule has 36 heavy (non-hydrogen) atoms. The van der Waals surface area contributed by atoms with Crippen molar-refractivity contribution in [2.24, 2.45) is 0 Å². The summed E-state index contributed by atoms with van der Waals surface area (Å²) >= 11 is 3.31. The van der Waals surface area contributed by atoms with Gasteiger partial charge in [0.1, 0.15) is 5.56 Å². The Balaban J connectivity index is 1.44. The van der Waals surface area contributed by atoms with E-state index in [0.29, 0.717) is 28.7 Å². The van der Waals surface area contributed by atoms with Crippen LogP contribution in [0.25, 0.3) is 16.9 Å². The molecular weight excluding hydrogens is 539 g/mol. The summed E-state index contributed by atoms with van der Waals surface area (Å²) in [5, 5.41) is 3.85. The molecule has 0 aliphatic carbocycles. The van der Waals surface area contributed by atoms with Gasteiger partial charge in [-0.25, -0.2) is 9.50 Å². The highest BCUT2D eigenvalue weighted by atomic mass is 79.9. The third-order valence-corrected chi connectivity index (χ3v) is 6.54. The van der Waals surface area contributed by atoms with Gasteiger partial charge in [-0.2, -0.15) is 18.3 Å². The second-order valence-electron chi connectivity index (χ2n) is 8.28. The highest BCUT2D eigenvalue weighted by Crippen LogP contribution is 2.33. The molecule has 2 amide bonds. The van der Waals surface area contributed by atoms with Crippen LogP contribution >= 0.6 is 15.9 Å². The molecule has 2 aromatic carbocycles. The standard InChI is InChI=1S/C25H19BrF3N5O2/c26-18-8-6-16(7-9-18)20-14-21(25(27,28)29)34-22(31-20)19(15-30-34)24(36)33-12-10-32(11-13-33)23(35)17-4-2-1-3-5-17/h1-9,14-15H,10-13H2. The van der Waals surface area contributed by atoms with Gasteiger partial charge in [0.25, 0.3) is 11.8 Å². The zero-order chi connectivity index (χ0) is 25.4. The van der Waals surface area contributed by atoms with Crippen LogP contribution in [0.4, 0.5) is 13.2 Å². The predicted molar refractivity (Wildman–Crippen MR) is 129 cm³/mol. The minimum Gasteiger partial charge on any atom is -0.335 e. The number of rotatable bonds is 3. The zero-order valence-electron chi connectivity index (χ0n) is 18.7. The largest absolute Gasteiger partial charge is 0.433 e. The molecule has 1 aliphatic heterocycles. The molecule has 5 rings (SSSR count). The lowest BCUT2D eigenvalue weighted by Crippen LogP contribution is -2.50. The van der Waals surface area contributed by atoms with Gasteiger partial charge < -0.3 is 9.80 Å². The van der Waals surface area contributed by atoms with Crippen molar-refractivity contribution in [2.75, 3.05) is 26.2 Å². The average molecular weight is 558 g/mol. The van der Waals surface area contributed by atoms with Gasteiger partial charge in [0.15, 0.2) is 11.3 Å². The maximum atomic E-state index is 13.9. The van der Waals surface area contributed by atoms with E-state index in [0.717, 1.165) is 16.7 Å². The fourth-order valence-electron chi connectivity index (χ4n) is 4.13. The summed E-state index contributed by atoms with van der Waals surface area (Å²) in [6, 6.07) is 16.5. The van der Waals surface area contributed by atoms with Crippen LogP contribution in [0.3, 0.4) is 0 Å². The fourth-order valence-corrected chi connectivity index (χ4v) is 4.39. The molecule has 1 saturated heterocycles. The molecule has 0 unspecified atom stereocenters. The fraction of sp³-hybridized carbons (Fsp3) is 0.200. The van der Waals surface area contributed by atoms with E-state index in [2.05, 4.69) is 26.0 Å². The van der Waals surface area contributed by atoms with E-state index >= 15 is 0 Å². The number of amides is 2. The molecular formula is C25H19BrF3N5O2. The summed E-state index contributed by atoms with van der Waals surface area (Å²) in [6.07, 6.45) is -3.59. The number of carbonyl (C=O) groups excluding carboxylic acids is 2. The number of nitrogens with zero attached hydrogens (tertiary/aromatic N) is 5. The molecule has 3 heterocycles. The summed E-state index contributed by atoms with van der Waals surface area (Å²) in [4.78, 5) is 33.6. The van der Waals surface area contributed by atoms with E-state index < -0.39 is 17.8 Å². The highest BCUT2D eigenvalue weighted by Gasteiger charge is 2.36. The molecule has 0 bridgehead atoms. The van der Waals surface area contributed by atoms with E-state index in [4.69, 9.17) is 0 Å². The lowest BCUT2D eigenvalue weighted by molar-refractivity contribution is -0.142. The normalized spacial score (nSPS) is 14.3. The van der Waals surface area contributed by atoms with Crippen molar-refractivity contribution in [1.82, 2.24) is 24.4 Å². The minimum absolute atomic E-state index is 0.0257. The van der Waals surface area contributed by atoms with E-state index in [1.165, 1.54) is 4.90 Å². The van der Waals surface area contributed by atoms with Crippen LogP contribution in [-0.2, 0) is 6.18 Å². The Kier molecular flexibility index (Phi) is 6.25. The maximum absolute atomic E-state index is 13.9. The molecule has 0 spiro atoms. The van der Waals surface area contributed by atoms with Crippen molar-refractivity contribution in [2.45, 2.75) is 6.18 Å². The summed E-state index contributed by atoms with van der Waals surface area (Å²) in [6.45, 7) is 1.11. The predicted octanol–water partition coefficient (Wildman–Crippen LogP) is 4.78. The van der Waals surface area contributed by atoms with Gasteiger partial charge in [-0.3, -0.25) is 9.59 Å². The lowest BCUT2D eigenvalue weighted by Gasteiger charge is -2.34. The number of halogens is 4. The zero-order valence-corrected chi connectivity index (χ0v) is 20.3. The quantitative estimate of drug-likeness (QED) is 0.363. The van der Waals surface area contributed by atoms with E-state index in [-0.39, 0.29) is 35.9 Å². The molecule has 184 valence electrons. The Bertz CT molecular complexity index is 1430. The number of hydrogen-bond acceptors (Lipinski definition) is 4. The molecule has 7 nitrogen and oxygen atoms in total. The van der Waals surface area contributed by atoms with Gasteiger partial charge in [-0.1, -0.05) is 46.3 Å². The number of aromatic nitrogens is 3. The van der Waals surface area contributed by atoms with Crippen LogP contribution in [0, 0.1) is 0 Å². The first-order valence-electron chi connectivity index (χ1n) is 11.1. The van der Waals surface area contributed by atoms with E-state index in [1.54, 1.807) is 53.4 Å². The van der Waals surface area contributed by atoms with Crippen molar-refractivity contribution in [1.29, 1.82) is 0 Å².